The largest absolute Gasteiger partial charge is 0.350 e. The molecular weight excluding hydrogens is 322 g/mol. The van der Waals surface area contributed by atoms with Crippen molar-refractivity contribution in [3.8, 4) is 0 Å². The van der Waals surface area contributed by atoms with Gasteiger partial charge in [-0.15, -0.1) is 0 Å². The van der Waals surface area contributed by atoms with Crippen LogP contribution in [-0.4, -0.2) is 22.0 Å². The Kier molecular flexibility index (Phi) is 4.65. The second-order valence-electron chi connectivity index (χ2n) is 9.66. The van der Waals surface area contributed by atoms with Gasteiger partial charge in [0.2, 0.25) is 0 Å². The lowest BCUT2D eigenvalue weighted by atomic mass is 9.45. The number of hydrogen-bond acceptors (Lipinski definition) is 2. The van der Waals surface area contributed by atoms with Crippen molar-refractivity contribution in [3.05, 3.63) is 17.2 Å². The molecule has 3 atom stereocenters. The van der Waals surface area contributed by atoms with E-state index in [0.29, 0.717) is 23.1 Å². The van der Waals surface area contributed by atoms with Gasteiger partial charge in [-0.1, -0.05) is 33.1 Å². The van der Waals surface area contributed by atoms with Crippen molar-refractivity contribution in [1.82, 2.24) is 14.9 Å². The zero-order valence-electron chi connectivity index (χ0n) is 17.0. The quantitative estimate of drug-likeness (QED) is 0.841. The van der Waals surface area contributed by atoms with Crippen molar-refractivity contribution >= 4 is 5.91 Å². The topological polar surface area (TPSA) is 46.9 Å². The minimum Gasteiger partial charge on any atom is -0.350 e. The highest BCUT2D eigenvalue weighted by Crippen LogP contribution is 2.61. The van der Waals surface area contributed by atoms with Gasteiger partial charge in [-0.05, 0) is 69.1 Å². The van der Waals surface area contributed by atoms with Crippen LogP contribution in [0, 0.1) is 37.0 Å². The van der Waals surface area contributed by atoms with Crippen LogP contribution in [0.15, 0.2) is 0 Å². The molecule has 0 spiro atoms. The van der Waals surface area contributed by atoms with E-state index in [4.69, 9.17) is 0 Å². The third-order valence-electron chi connectivity index (χ3n) is 8.01. The Labute approximate surface area is 158 Å². The fraction of sp³-hybridized carbons (Fsp3) is 0.818. The summed E-state index contributed by atoms with van der Waals surface area (Å²) in [7, 11) is 0. The van der Waals surface area contributed by atoms with E-state index >= 15 is 0 Å². The average molecular weight is 358 g/mol. The first kappa shape index (κ1) is 18.1. The number of carbonyl (C=O) groups is 1. The SMILES string of the molecule is Cc1nc(C(=O)NCC2CCC3CC2C3(C)C)c(C)n1C1CCCCC1. The van der Waals surface area contributed by atoms with Crippen LogP contribution >= 0.6 is 0 Å². The van der Waals surface area contributed by atoms with Crippen molar-refractivity contribution in [3.63, 3.8) is 0 Å². The fourth-order valence-corrected chi connectivity index (χ4v) is 6.26. The minimum atomic E-state index is 0.0272. The number of hydrogen-bond donors (Lipinski definition) is 1. The molecule has 1 N–H and O–H groups in total. The summed E-state index contributed by atoms with van der Waals surface area (Å²) in [6.07, 6.45) is 10.3. The molecule has 1 aromatic rings. The highest BCUT2D eigenvalue weighted by Gasteiger charge is 2.53. The zero-order chi connectivity index (χ0) is 18.5. The first-order valence-corrected chi connectivity index (χ1v) is 10.7. The Balaban J connectivity index is 1.42. The van der Waals surface area contributed by atoms with Crippen LogP contribution in [0.5, 0.6) is 0 Å². The molecule has 4 heteroatoms. The van der Waals surface area contributed by atoms with Gasteiger partial charge in [-0.3, -0.25) is 4.79 Å². The number of nitrogens with zero attached hydrogens (tertiary/aromatic N) is 2. The Hall–Kier alpha value is -1.32. The number of nitrogens with one attached hydrogen (secondary N) is 1. The van der Waals surface area contributed by atoms with Gasteiger partial charge in [0.1, 0.15) is 11.5 Å². The molecule has 5 rings (SSSR count). The second-order valence-corrected chi connectivity index (χ2v) is 9.66. The van der Waals surface area contributed by atoms with E-state index in [0.717, 1.165) is 29.9 Å². The second kappa shape index (κ2) is 6.69. The lowest BCUT2D eigenvalue weighted by molar-refractivity contribution is -0.103. The van der Waals surface area contributed by atoms with E-state index in [2.05, 4.69) is 42.6 Å². The molecule has 4 aliphatic carbocycles. The molecule has 4 nitrogen and oxygen atoms in total. The van der Waals surface area contributed by atoms with Crippen molar-refractivity contribution in [2.45, 2.75) is 85.1 Å². The molecular formula is C22H35N3O. The molecule has 3 unspecified atom stereocenters. The maximum absolute atomic E-state index is 12.9. The Morgan fingerprint density at radius 2 is 1.88 bits per heavy atom. The lowest BCUT2D eigenvalue weighted by Gasteiger charge is -2.60. The molecule has 0 aliphatic heterocycles. The summed E-state index contributed by atoms with van der Waals surface area (Å²) in [5, 5.41) is 3.23. The van der Waals surface area contributed by atoms with E-state index in [1.54, 1.807) is 0 Å². The summed E-state index contributed by atoms with van der Waals surface area (Å²) in [6, 6.07) is 0.531. The van der Waals surface area contributed by atoms with Gasteiger partial charge < -0.3 is 9.88 Å². The summed E-state index contributed by atoms with van der Waals surface area (Å²) >= 11 is 0. The van der Waals surface area contributed by atoms with E-state index < -0.39 is 0 Å². The fourth-order valence-electron chi connectivity index (χ4n) is 6.26. The van der Waals surface area contributed by atoms with Crippen molar-refractivity contribution in [2.24, 2.45) is 23.2 Å². The molecule has 0 radical (unpaired) electrons. The average Bonchev–Trinajstić information content (AvgIpc) is 2.94. The predicted octanol–water partition coefficient (Wildman–Crippen LogP) is 4.81. The highest BCUT2D eigenvalue weighted by molar-refractivity contribution is 5.93. The summed E-state index contributed by atoms with van der Waals surface area (Å²) in [6.45, 7) is 9.77. The van der Waals surface area contributed by atoms with Crippen molar-refractivity contribution in [1.29, 1.82) is 0 Å². The number of rotatable bonds is 4. The van der Waals surface area contributed by atoms with Gasteiger partial charge in [0, 0.05) is 18.3 Å². The maximum Gasteiger partial charge on any atom is 0.271 e. The smallest absolute Gasteiger partial charge is 0.271 e. The first-order valence-electron chi connectivity index (χ1n) is 10.7. The molecule has 0 saturated heterocycles. The van der Waals surface area contributed by atoms with Crippen LogP contribution in [0.4, 0.5) is 0 Å². The number of imidazole rings is 1. The summed E-state index contributed by atoms with van der Waals surface area (Å²) in [5.41, 5.74) is 2.18. The number of aromatic nitrogens is 2. The van der Waals surface area contributed by atoms with Gasteiger partial charge in [-0.2, -0.15) is 0 Å². The van der Waals surface area contributed by atoms with Gasteiger partial charge >= 0.3 is 0 Å². The Bertz CT molecular complexity index is 682. The van der Waals surface area contributed by atoms with Crippen LogP contribution in [0.3, 0.4) is 0 Å². The summed E-state index contributed by atoms with van der Waals surface area (Å²) < 4.78 is 2.33. The van der Waals surface area contributed by atoms with Gasteiger partial charge in [0.15, 0.2) is 0 Å². The zero-order valence-corrected chi connectivity index (χ0v) is 17.0. The van der Waals surface area contributed by atoms with Crippen LogP contribution < -0.4 is 5.32 Å². The monoisotopic (exact) mass is 357 g/mol. The summed E-state index contributed by atoms with van der Waals surface area (Å²) in [5.74, 6) is 3.36. The van der Waals surface area contributed by atoms with Crippen LogP contribution in [0.2, 0.25) is 0 Å². The van der Waals surface area contributed by atoms with Crippen molar-refractivity contribution < 1.29 is 4.79 Å². The van der Waals surface area contributed by atoms with E-state index in [1.165, 1.54) is 51.4 Å². The standard InChI is InChI=1S/C22H35N3O/c1-14-20(24-15(2)25(14)18-8-6-5-7-9-18)21(26)23-13-16-10-11-17-12-19(16)22(17,3)4/h16-19H,5-13H2,1-4H3,(H,23,26). The maximum atomic E-state index is 12.9. The van der Waals surface area contributed by atoms with Gasteiger partial charge in [0.05, 0.1) is 0 Å². The molecule has 1 amide bonds. The van der Waals surface area contributed by atoms with Crippen molar-refractivity contribution in [2.75, 3.05) is 6.54 Å². The molecule has 1 heterocycles. The van der Waals surface area contributed by atoms with Crippen LogP contribution in [0.25, 0.3) is 0 Å². The Morgan fingerprint density at radius 1 is 1.15 bits per heavy atom. The number of fused-ring (bicyclic) bond motifs is 2. The first-order chi connectivity index (χ1) is 12.4. The molecule has 2 bridgehead atoms. The van der Waals surface area contributed by atoms with E-state index in [-0.39, 0.29) is 5.91 Å². The molecule has 4 saturated carbocycles. The number of aryl methyl sites for hydroxylation is 1. The molecule has 4 fully saturated rings. The minimum absolute atomic E-state index is 0.0272. The predicted molar refractivity (Wildman–Crippen MR) is 104 cm³/mol. The number of amides is 1. The van der Waals surface area contributed by atoms with Crippen LogP contribution in [-0.2, 0) is 0 Å². The van der Waals surface area contributed by atoms with Crippen LogP contribution in [0.1, 0.15) is 93.3 Å². The Morgan fingerprint density at radius 3 is 2.54 bits per heavy atom. The van der Waals surface area contributed by atoms with E-state index in [9.17, 15) is 4.79 Å². The number of carbonyl (C=O) groups excluding carboxylic acids is 1. The van der Waals surface area contributed by atoms with Gasteiger partial charge in [0.25, 0.3) is 5.91 Å². The highest BCUT2D eigenvalue weighted by atomic mass is 16.1. The molecule has 0 aromatic carbocycles. The molecule has 144 valence electrons. The third-order valence-corrected chi connectivity index (χ3v) is 8.01. The lowest BCUT2D eigenvalue weighted by Crippen LogP contribution is -2.54. The molecule has 26 heavy (non-hydrogen) atoms. The van der Waals surface area contributed by atoms with Gasteiger partial charge in [-0.25, -0.2) is 4.98 Å². The molecule has 1 aromatic heterocycles. The van der Waals surface area contributed by atoms with E-state index in [1.807, 2.05) is 0 Å². The third kappa shape index (κ3) is 2.90. The normalized spacial score (nSPS) is 30.7. The molecule has 4 aliphatic rings. The summed E-state index contributed by atoms with van der Waals surface area (Å²) in [4.78, 5) is 17.5.